The highest BCUT2D eigenvalue weighted by molar-refractivity contribution is 6.34. The number of carbonyl (C=O) groups excluding carboxylic acids is 1. The van der Waals surface area contributed by atoms with E-state index in [9.17, 15) is 4.79 Å². The fourth-order valence-electron chi connectivity index (χ4n) is 2.47. The fourth-order valence-corrected chi connectivity index (χ4v) is 2.47. The molecule has 0 saturated carbocycles. The van der Waals surface area contributed by atoms with Gasteiger partial charge in [-0.3, -0.25) is 4.79 Å². The highest BCUT2D eigenvalue weighted by atomic mass is 16.2. The number of fused-ring (bicyclic) bond motifs is 1. The predicted molar refractivity (Wildman–Crippen MR) is 77.8 cm³/mol. The molecular weight excluding hydrogens is 236 g/mol. The summed E-state index contributed by atoms with van der Waals surface area (Å²) < 4.78 is 2.13. The molecule has 0 saturated heterocycles. The van der Waals surface area contributed by atoms with Gasteiger partial charge in [0.2, 0.25) is 0 Å². The minimum atomic E-state index is -0.0258. The molecule has 1 amide bonds. The van der Waals surface area contributed by atoms with Crippen molar-refractivity contribution in [1.82, 2.24) is 4.57 Å². The summed E-state index contributed by atoms with van der Waals surface area (Å²) in [4.78, 5) is 12.1. The predicted octanol–water partition coefficient (Wildman–Crippen LogP) is 3.13. The molecule has 0 bridgehead atoms. The van der Waals surface area contributed by atoms with Gasteiger partial charge in [-0.2, -0.15) is 0 Å². The number of nitrogens with one attached hydrogen (secondary N) is 1. The van der Waals surface area contributed by atoms with Crippen LogP contribution in [0.15, 0.2) is 30.3 Å². The van der Waals surface area contributed by atoms with Crippen LogP contribution in [-0.4, -0.2) is 10.5 Å². The number of hydrogen-bond donors (Lipinski definition) is 1. The first kappa shape index (κ1) is 11.8. The second-order valence-electron chi connectivity index (χ2n) is 4.94. The Bertz CT molecular complexity index is 708. The van der Waals surface area contributed by atoms with E-state index in [0.29, 0.717) is 0 Å². The minimum absolute atomic E-state index is 0.0258. The fraction of sp³-hybridized carbons (Fsp3) is 0.188. The number of carbonyl (C=O) groups is 1. The molecule has 19 heavy (non-hydrogen) atoms. The standard InChI is InChI=1S/C16H16N2O/c1-10-8-12(11(2)18(10)3)9-14-13-6-4-5-7-15(13)17-16(14)19/h4-9H,1-3H3,(H,17,19)/b14-9-. The van der Waals surface area contributed by atoms with Gasteiger partial charge in [0, 0.05) is 35.3 Å². The summed E-state index contributed by atoms with van der Waals surface area (Å²) in [6.07, 6.45) is 1.98. The topological polar surface area (TPSA) is 34.0 Å². The van der Waals surface area contributed by atoms with Crippen LogP contribution < -0.4 is 5.32 Å². The zero-order chi connectivity index (χ0) is 13.6. The number of rotatable bonds is 1. The number of amides is 1. The molecule has 3 heteroatoms. The molecule has 1 aromatic heterocycles. The van der Waals surface area contributed by atoms with Gasteiger partial charge >= 0.3 is 0 Å². The highest BCUT2D eigenvalue weighted by Gasteiger charge is 2.23. The van der Waals surface area contributed by atoms with Crippen LogP contribution in [0.2, 0.25) is 0 Å². The largest absolute Gasteiger partial charge is 0.352 e. The zero-order valence-corrected chi connectivity index (χ0v) is 11.3. The highest BCUT2D eigenvalue weighted by Crippen LogP contribution is 2.33. The van der Waals surface area contributed by atoms with Crippen molar-refractivity contribution in [2.45, 2.75) is 13.8 Å². The monoisotopic (exact) mass is 252 g/mol. The molecule has 1 aliphatic rings. The summed E-state index contributed by atoms with van der Waals surface area (Å²) in [7, 11) is 2.04. The summed E-state index contributed by atoms with van der Waals surface area (Å²) in [6, 6.07) is 9.90. The Morgan fingerprint density at radius 1 is 1.21 bits per heavy atom. The molecule has 0 spiro atoms. The van der Waals surface area contributed by atoms with Crippen molar-refractivity contribution >= 4 is 23.2 Å². The van der Waals surface area contributed by atoms with Crippen LogP contribution in [0.5, 0.6) is 0 Å². The number of anilines is 1. The van der Waals surface area contributed by atoms with Gasteiger partial charge in [-0.15, -0.1) is 0 Å². The summed E-state index contributed by atoms with van der Waals surface area (Å²) in [5, 5.41) is 2.89. The molecule has 96 valence electrons. The van der Waals surface area contributed by atoms with Gasteiger partial charge in [0.25, 0.3) is 5.91 Å². The lowest BCUT2D eigenvalue weighted by molar-refractivity contribution is -0.110. The third-order valence-corrected chi connectivity index (χ3v) is 3.82. The first-order valence-electron chi connectivity index (χ1n) is 6.33. The molecule has 1 aromatic carbocycles. The average molecular weight is 252 g/mol. The van der Waals surface area contributed by atoms with Crippen LogP contribution >= 0.6 is 0 Å². The summed E-state index contributed by atoms with van der Waals surface area (Å²) in [6.45, 7) is 4.13. The molecule has 0 radical (unpaired) electrons. The Balaban J connectivity index is 2.14. The van der Waals surface area contributed by atoms with E-state index in [1.807, 2.05) is 37.4 Å². The number of benzene rings is 1. The maximum absolute atomic E-state index is 12.1. The van der Waals surface area contributed by atoms with E-state index in [2.05, 4.69) is 29.8 Å². The van der Waals surface area contributed by atoms with Gasteiger partial charge in [-0.05, 0) is 37.6 Å². The maximum Gasteiger partial charge on any atom is 0.256 e. The van der Waals surface area contributed by atoms with Gasteiger partial charge in [0.05, 0.1) is 0 Å². The summed E-state index contributed by atoms with van der Waals surface area (Å²) in [5.41, 5.74) is 6.07. The summed E-state index contributed by atoms with van der Waals surface area (Å²) >= 11 is 0. The van der Waals surface area contributed by atoms with E-state index < -0.39 is 0 Å². The lowest BCUT2D eigenvalue weighted by atomic mass is 10.0. The Kier molecular flexibility index (Phi) is 2.56. The number of nitrogens with zero attached hydrogens (tertiary/aromatic N) is 1. The van der Waals surface area contributed by atoms with Crippen molar-refractivity contribution in [2.75, 3.05) is 5.32 Å². The smallest absolute Gasteiger partial charge is 0.256 e. The van der Waals surface area contributed by atoms with Crippen molar-refractivity contribution in [3.8, 4) is 0 Å². The first-order chi connectivity index (χ1) is 9.08. The van der Waals surface area contributed by atoms with Crippen LogP contribution in [-0.2, 0) is 11.8 Å². The molecule has 2 heterocycles. The second-order valence-corrected chi connectivity index (χ2v) is 4.94. The molecule has 0 atom stereocenters. The number of hydrogen-bond acceptors (Lipinski definition) is 1. The average Bonchev–Trinajstić information content (AvgIpc) is 2.83. The van der Waals surface area contributed by atoms with Crippen molar-refractivity contribution in [3.05, 3.63) is 52.8 Å². The van der Waals surface area contributed by atoms with E-state index >= 15 is 0 Å². The van der Waals surface area contributed by atoms with Gasteiger partial charge in [-0.25, -0.2) is 0 Å². The Labute approximate surface area is 112 Å². The summed E-state index contributed by atoms with van der Waals surface area (Å²) in [5.74, 6) is -0.0258. The molecule has 0 unspecified atom stereocenters. The molecule has 1 N–H and O–H groups in total. The molecule has 1 aliphatic heterocycles. The van der Waals surface area contributed by atoms with Crippen LogP contribution in [0.4, 0.5) is 5.69 Å². The molecule has 0 aliphatic carbocycles. The van der Waals surface area contributed by atoms with Crippen molar-refractivity contribution < 1.29 is 4.79 Å². The van der Waals surface area contributed by atoms with Gasteiger partial charge in [-0.1, -0.05) is 18.2 Å². The zero-order valence-electron chi connectivity index (χ0n) is 11.3. The number of aryl methyl sites for hydroxylation is 1. The van der Waals surface area contributed by atoms with E-state index in [0.717, 1.165) is 22.4 Å². The van der Waals surface area contributed by atoms with Crippen LogP contribution in [0.25, 0.3) is 11.6 Å². The van der Waals surface area contributed by atoms with Crippen molar-refractivity contribution in [1.29, 1.82) is 0 Å². The number of para-hydroxylation sites is 1. The molecule has 2 aromatic rings. The SMILES string of the molecule is Cc1cc(/C=C2\C(=O)Nc3ccccc32)c(C)n1C. The van der Waals surface area contributed by atoms with E-state index in [1.165, 1.54) is 11.4 Å². The Morgan fingerprint density at radius 3 is 2.63 bits per heavy atom. The van der Waals surface area contributed by atoms with Crippen molar-refractivity contribution in [3.63, 3.8) is 0 Å². The quantitative estimate of drug-likeness (QED) is 0.777. The van der Waals surface area contributed by atoms with Crippen LogP contribution in [0, 0.1) is 13.8 Å². The van der Waals surface area contributed by atoms with Crippen molar-refractivity contribution in [2.24, 2.45) is 7.05 Å². The molecule has 0 fully saturated rings. The second kappa shape index (κ2) is 4.12. The van der Waals surface area contributed by atoms with Gasteiger partial charge in [0.1, 0.15) is 0 Å². The Morgan fingerprint density at radius 2 is 1.95 bits per heavy atom. The van der Waals surface area contributed by atoms with Gasteiger partial charge < -0.3 is 9.88 Å². The van der Waals surface area contributed by atoms with E-state index in [-0.39, 0.29) is 5.91 Å². The molecule has 3 rings (SSSR count). The van der Waals surface area contributed by atoms with E-state index in [1.54, 1.807) is 0 Å². The minimum Gasteiger partial charge on any atom is -0.352 e. The third kappa shape index (κ3) is 1.78. The van der Waals surface area contributed by atoms with Crippen LogP contribution in [0.1, 0.15) is 22.5 Å². The molecular formula is C16H16N2O. The van der Waals surface area contributed by atoms with Gasteiger partial charge in [0.15, 0.2) is 0 Å². The lowest BCUT2D eigenvalue weighted by Gasteiger charge is -2.00. The van der Waals surface area contributed by atoms with E-state index in [4.69, 9.17) is 0 Å². The number of aromatic nitrogens is 1. The Hall–Kier alpha value is -2.29. The molecule has 3 nitrogen and oxygen atoms in total. The maximum atomic E-state index is 12.1. The lowest BCUT2D eigenvalue weighted by Crippen LogP contribution is -2.03. The normalized spacial score (nSPS) is 15.7. The van der Waals surface area contributed by atoms with Crippen LogP contribution in [0.3, 0.4) is 0 Å². The third-order valence-electron chi connectivity index (χ3n) is 3.82. The first-order valence-corrected chi connectivity index (χ1v) is 6.33.